The maximum absolute atomic E-state index is 10.8. The van der Waals surface area contributed by atoms with E-state index < -0.39 is 0 Å². The second-order valence-corrected chi connectivity index (χ2v) is 2.48. The summed E-state index contributed by atoms with van der Waals surface area (Å²) in [5.74, 6) is 0. The van der Waals surface area contributed by atoms with Gasteiger partial charge in [0.25, 0.3) is 0 Å². The van der Waals surface area contributed by atoms with Crippen LogP contribution in [0.5, 0.6) is 0 Å². The lowest BCUT2D eigenvalue weighted by molar-refractivity contribution is 1.61. The van der Waals surface area contributed by atoms with Gasteiger partial charge in [-0.25, -0.2) is 0 Å². The van der Waals surface area contributed by atoms with E-state index in [4.69, 9.17) is 0 Å². The minimum absolute atomic E-state index is 0.0139. The summed E-state index contributed by atoms with van der Waals surface area (Å²) in [5, 5.41) is 0. The van der Waals surface area contributed by atoms with Crippen LogP contribution in [0.1, 0.15) is 0 Å². The van der Waals surface area contributed by atoms with E-state index in [1.54, 1.807) is 12.1 Å². The lowest BCUT2D eigenvalue weighted by atomic mass is 10.5. The Morgan fingerprint density at radius 2 is 1.78 bits per heavy atom. The molecule has 0 radical (unpaired) electrons. The van der Waals surface area contributed by atoms with Gasteiger partial charge < -0.3 is 0 Å². The van der Waals surface area contributed by atoms with Crippen LogP contribution in [0.4, 0.5) is 0 Å². The normalized spacial score (nSPS) is 9.00. The first-order chi connectivity index (χ1) is 4.30. The standard InChI is InChI=1S/C7H5BrO/c8-6-4-2-1-3-5-7(6)9/h1-5H. The van der Waals surface area contributed by atoms with E-state index in [0.29, 0.717) is 4.47 Å². The second-order valence-electron chi connectivity index (χ2n) is 1.62. The summed E-state index contributed by atoms with van der Waals surface area (Å²) in [6.45, 7) is 0. The van der Waals surface area contributed by atoms with Crippen molar-refractivity contribution in [2.24, 2.45) is 0 Å². The summed E-state index contributed by atoms with van der Waals surface area (Å²) in [6.07, 6.45) is 0. The molecule has 0 aliphatic carbocycles. The Balaban J connectivity index is 3.42. The third-order valence-electron chi connectivity index (χ3n) is 0.948. The van der Waals surface area contributed by atoms with Crippen molar-refractivity contribution in [3.63, 3.8) is 0 Å². The van der Waals surface area contributed by atoms with Gasteiger partial charge in [0.2, 0.25) is 0 Å². The molecule has 0 aliphatic heterocycles. The van der Waals surface area contributed by atoms with Crippen molar-refractivity contribution in [1.82, 2.24) is 0 Å². The van der Waals surface area contributed by atoms with E-state index in [1.807, 2.05) is 12.1 Å². The summed E-state index contributed by atoms with van der Waals surface area (Å²) in [7, 11) is 0. The van der Waals surface area contributed by atoms with Gasteiger partial charge in [0.05, 0.1) is 4.47 Å². The van der Waals surface area contributed by atoms with Gasteiger partial charge in [-0.2, -0.15) is 0 Å². The molecule has 0 saturated carbocycles. The highest BCUT2D eigenvalue weighted by atomic mass is 79.9. The molecule has 46 valence electrons. The van der Waals surface area contributed by atoms with Crippen molar-refractivity contribution in [3.8, 4) is 0 Å². The molecule has 1 nitrogen and oxygen atoms in total. The van der Waals surface area contributed by atoms with Crippen LogP contribution < -0.4 is 5.43 Å². The van der Waals surface area contributed by atoms with E-state index in [-0.39, 0.29) is 5.43 Å². The summed E-state index contributed by atoms with van der Waals surface area (Å²) in [6, 6.07) is 8.58. The topological polar surface area (TPSA) is 17.1 Å². The SMILES string of the molecule is O=c1cccccc1Br. The molecule has 0 fully saturated rings. The predicted molar refractivity (Wildman–Crippen MR) is 40.4 cm³/mol. The number of halogens is 1. The van der Waals surface area contributed by atoms with E-state index >= 15 is 0 Å². The lowest BCUT2D eigenvalue weighted by Crippen LogP contribution is -1.92. The number of hydrogen-bond acceptors (Lipinski definition) is 1. The van der Waals surface area contributed by atoms with Gasteiger partial charge in [0, 0.05) is 0 Å². The zero-order chi connectivity index (χ0) is 6.69. The van der Waals surface area contributed by atoms with Crippen LogP contribution in [0.2, 0.25) is 0 Å². The Morgan fingerprint density at radius 3 is 2.56 bits per heavy atom. The molecule has 9 heavy (non-hydrogen) atoms. The predicted octanol–water partition coefficient (Wildman–Crippen LogP) is 1.81. The Bertz CT molecular complexity index is 257. The first-order valence-electron chi connectivity index (χ1n) is 2.55. The van der Waals surface area contributed by atoms with Crippen molar-refractivity contribution < 1.29 is 0 Å². The van der Waals surface area contributed by atoms with E-state index in [9.17, 15) is 4.79 Å². The van der Waals surface area contributed by atoms with Gasteiger partial charge in [-0.15, -0.1) is 0 Å². The van der Waals surface area contributed by atoms with Crippen LogP contribution in [0.15, 0.2) is 39.6 Å². The van der Waals surface area contributed by atoms with E-state index in [2.05, 4.69) is 15.9 Å². The molecule has 0 spiro atoms. The Hall–Kier alpha value is -0.630. The molecule has 0 aliphatic rings. The summed E-state index contributed by atoms with van der Waals surface area (Å²) in [5.41, 5.74) is 0.0139. The first kappa shape index (κ1) is 6.49. The maximum Gasteiger partial charge on any atom is 0.192 e. The largest absolute Gasteiger partial charge is 0.289 e. The van der Waals surface area contributed by atoms with Gasteiger partial charge >= 0.3 is 0 Å². The zero-order valence-electron chi connectivity index (χ0n) is 4.67. The quantitative estimate of drug-likeness (QED) is 0.602. The van der Waals surface area contributed by atoms with Crippen molar-refractivity contribution in [2.75, 3.05) is 0 Å². The van der Waals surface area contributed by atoms with Crippen LogP contribution in [0.3, 0.4) is 0 Å². The highest BCUT2D eigenvalue weighted by Gasteiger charge is 1.84. The third kappa shape index (κ3) is 1.64. The Morgan fingerprint density at radius 1 is 1.11 bits per heavy atom. The smallest absolute Gasteiger partial charge is 0.192 e. The van der Waals surface area contributed by atoms with Crippen molar-refractivity contribution >= 4 is 15.9 Å². The molecule has 0 unspecified atom stereocenters. The summed E-state index contributed by atoms with van der Waals surface area (Å²) < 4.78 is 0.604. The minimum Gasteiger partial charge on any atom is -0.289 e. The monoisotopic (exact) mass is 184 g/mol. The fourth-order valence-electron chi connectivity index (χ4n) is 0.509. The molecule has 0 N–H and O–H groups in total. The molecule has 1 aromatic carbocycles. The van der Waals surface area contributed by atoms with Crippen LogP contribution in [-0.2, 0) is 0 Å². The number of hydrogen-bond donors (Lipinski definition) is 0. The summed E-state index contributed by atoms with van der Waals surface area (Å²) in [4.78, 5) is 10.8. The fraction of sp³-hybridized carbons (Fsp3) is 0. The molecule has 0 atom stereocenters. The molecule has 0 aromatic heterocycles. The van der Waals surface area contributed by atoms with Crippen LogP contribution >= 0.6 is 15.9 Å². The van der Waals surface area contributed by atoms with Crippen LogP contribution in [0, 0.1) is 0 Å². The molecule has 0 heterocycles. The maximum atomic E-state index is 10.8. The van der Waals surface area contributed by atoms with Gasteiger partial charge in [0.15, 0.2) is 5.43 Å². The molecular formula is C7H5BrO. The zero-order valence-corrected chi connectivity index (χ0v) is 6.26. The molecule has 0 saturated heterocycles. The molecule has 0 amide bonds. The second kappa shape index (κ2) is 2.78. The van der Waals surface area contributed by atoms with Gasteiger partial charge in [-0.05, 0) is 28.1 Å². The van der Waals surface area contributed by atoms with Crippen molar-refractivity contribution in [1.29, 1.82) is 0 Å². The molecule has 1 aromatic rings. The first-order valence-corrected chi connectivity index (χ1v) is 3.35. The molecule has 2 heteroatoms. The Kier molecular flexibility index (Phi) is 2.01. The number of rotatable bonds is 0. The van der Waals surface area contributed by atoms with Crippen molar-refractivity contribution in [2.45, 2.75) is 0 Å². The highest BCUT2D eigenvalue weighted by molar-refractivity contribution is 9.10. The average molecular weight is 185 g/mol. The van der Waals surface area contributed by atoms with Crippen molar-refractivity contribution in [3.05, 3.63) is 45.0 Å². The fourth-order valence-corrected chi connectivity index (χ4v) is 0.794. The van der Waals surface area contributed by atoms with E-state index in [1.165, 1.54) is 6.07 Å². The molecule has 0 bridgehead atoms. The van der Waals surface area contributed by atoms with Gasteiger partial charge in [-0.3, -0.25) is 4.79 Å². The third-order valence-corrected chi connectivity index (χ3v) is 1.60. The highest BCUT2D eigenvalue weighted by Crippen LogP contribution is 1.97. The summed E-state index contributed by atoms with van der Waals surface area (Å²) >= 11 is 3.11. The molecule has 1 rings (SSSR count). The van der Waals surface area contributed by atoms with Crippen LogP contribution in [0.25, 0.3) is 0 Å². The Labute approximate surface area is 61.5 Å². The van der Waals surface area contributed by atoms with Crippen LogP contribution in [-0.4, -0.2) is 0 Å². The minimum atomic E-state index is 0.0139. The average Bonchev–Trinajstić information content (AvgIpc) is 1.99. The van der Waals surface area contributed by atoms with Gasteiger partial charge in [-0.1, -0.05) is 18.2 Å². The lowest BCUT2D eigenvalue weighted by Gasteiger charge is -1.71. The van der Waals surface area contributed by atoms with E-state index in [0.717, 1.165) is 0 Å². The molecular weight excluding hydrogens is 180 g/mol. The van der Waals surface area contributed by atoms with Gasteiger partial charge in [0.1, 0.15) is 0 Å².